The van der Waals surface area contributed by atoms with Crippen LogP contribution in [0.15, 0.2) is 47.6 Å². The highest BCUT2D eigenvalue weighted by molar-refractivity contribution is 7.90. The Bertz CT molecular complexity index is 956. The topological polar surface area (TPSA) is 78.0 Å². The predicted molar refractivity (Wildman–Crippen MR) is 86.4 cm³/mol. The van der Waals surface area contributed by atoms with Crippen LogP contribution in [0.4, 0.5) is 5.13 Å². The minimum atomic E-state index is -3.57. The van der Waals surface area contributed by atoms with E-state index < -0.39 is 10.0 Å². The van der Waals surface area contributed by atoms with Crippen LogP contribution in [0.25, 0.3) is 11.3 Å². The molecule has 0 amide bonds. The van der Waals surface area contributed by atoms with Crippen molar-refractivity contribution in [3.63, 3.8) is 0 Å². The molecule has 112 valence electrons. The predicted octanol–water partition coefficient (Wildman–Crippen LogP) is 2.53. The van der Waals surface area contributed by atoms with E-state index in [0.717, 1.165) is 34.5 Å². The lowest BCUT2D eigenvalue weighted by molar-refractivity contribution is 0.587. The van der Waals surface area contributed by atoms with Gasteiger partial charge in [-0.2, -0.15) is 0 Å². The fourth-order valence-electron chi connectivity index (χ4n) is 2.73. The van der Waals surface area contributed by atoms with Gasteiger partial charge in [0.25, 0.3) is 10.0 Å². The standard InChI is InChI=1S/C15H13N3O2S2/c16-15-17-14-12-9-18(8-10(12)6-7-13(14)21-15)22(19,20)11-4-2-1-3-5-11/h1-5,8-9H,6-7H2,(H2,16,17). The molecule has 0 aliphatic heterocycles. The molecule has 0 saturated heterocycles. The second-order valence-corrected chi connectivity index (χ2v) is 8.13. The van der Waals surface area contributed by atoms with Gasteiger partial charge in [0.15, 0.2) is 5.13 Å². The molecule has 2 aromatic heterocycles. The number of fused-ring (bicyclic) bond motifs is 3. The number of nitrogens with zero attached hydrogens (tertiary/aromatic N) is 2. The lowest BCUT2D eigenvalue weighted by Gasteiger charge is -2.08. The quantitative estimate of drug-likeness (QED) is 0.783. The molecular weight excluding hydrogens is 318 g/mol. The Balaban J connectivity index is 1.86. The summed E-state index contributed by atoms with van der Waals surface area (Å²) in [7, 11) is -3.57. The molecule has 0 fully saturated rings. The molecule has 3 aromatic rings. The molecule has 0 bridgehead atoms. The van der Waals surface area contributed by atoms with E-state index in [1.54, 1.807) is 42.7 Å². The van der Waals surface area contributed by atoms with Gasteiger partial charge in [-0.3, -0.25) is 0 Å². The normalized spacial score (nSPS) is 13.6. The van der Waals surface area contributed by atoms with E-state index in [0.29, 0.717) is 5.13 Å². The molecule has 1 aromatic carbocycles. The number of nitrogens with two attached hydrogens (primary N) is 1. The first-order valence-electron chi connectivity index (χ1n) is 6.83. The van der Waals surface area contributed by atoms with Gasteiger partial charge in [0.1, 0.15) is 0 Å². The van der Waals surface area contributed by atoms with E-state index in [4.69, 9.17) is 5.73 Å². The monoisotopic (exact) mass is 331 g/mol. The lowest BCUT2D eigenvalue weighted by atomic mass is 9.98. The second-order valence-electron chi connectivity index (χ2n) is 5.17. The van der Waals surface area contributed by atoms with E-state index in [-0.39, 0.29) is 4.90 Å². The molecule has 0 unspecified atom stereocenters. The van der Waals surface area contributed by atoms with Crippen molar-refractivity contribution < 1.29 is 8.42 Å². The van der Waals surface area contributed by atoms with Crippen LogP contribution in [0.3, 0.4) is 0 Å². The Labute approximate surface area is 132 Å². The number of hydrogen-bond donors (Lipinski definition) is 1. The zero-order valence-electron chi connectivity index (χ0n) is 11.6. The van der Waals surface area contributed by atoms with Gasteiger partial charge < -0.3 is 5.73 Å². The molecule has 0 spiro atoms. The zero-order valence-corrected chi connectivity index (χ0v) is 13.2. The van der Waals surface area contributed by atoms with Gasteiger partial charge >= 0.3 is 0 Å². The number of thiazole rings is 1. The van der Waals surface area contributed by atoms with Gasteiger partial charge in [-0.1, -0.05) is 18.2 Å². The number of nitrogen functional groups attached to an aromatic ring is 1. The molecule has 4 rings (SSSR count). The van der Waals surface area contributed by atoms with Gasteiger partial charge in [0, 0.05) is 22.8 Å². The van der Waals surface area contributed by atoms with Crippen LogP contribution in [-0.2, 0) is 22.9 Å². The van der Waals surface area contributed by atoms with Crippen molar-refractivity contribution in [2.75, 3.05) is 5.73 Å². The van der Waals surface area contributed by atoms with Crippen LogP contribution in [0, 0.1) is 0 Å². The van der Waals surface area contributed by atoms with E-state index in [9.17, 15) is 8.42 Å². The van der Waals surface area contributed by atoms with Crippen molar-refractivity contribution in [1.82, 2.24) is 8.96 Å². The lowest BCUT2D eigenvalue weighted by Crippen LogP contribution is -2.10. The Morgan fingerprint density at radius 1 is 1.14 bits per heavy atom. The van der Waals surface area contributed by atoms with Gasteiger partial charge in [-0.25, -0.2) is 17.4 Å². The molecule has 7 heteroatoms. The summed E-state index contributed by atoms with van der Waals surface area (Å²) in [6.45, 7) is 0. The second kappa shape index (κ2) is 4.69. The number of benzene rings is 1. The number of aryl methyl sites for hydroxylation is 2. The fourth-order valence-corrected chi connectivity index (χ4v) is 4.83. The molecular formula is C15H13N3O2S2. The number of aromatic nitrogens is 2. The third-order valence-corrected chi connectivity index (χ3v) is 6.37. The molecule has 5 nitrogen and oxygen atoms in total. The molecule has 2 N–H and O–H groups in total. The molecule has 0 radical (unpaired) electrons. The van der Waals surface area contributed by atoms with Crippen LogP contribution in [0.2, 0.25) is 0 Å². The third-order valence-electron chi connectivity index (χ3n) is 3.79. The Kier molecular flexibility index (Phi) is 2.88. The number of rotatable bonds is 2. The Morgan fingerprint density at radius 3 is 2.68 bits per heavy atom. The Morgan fingerprint density at radius 2 is 1.91 bits per heavy atom. The maximum Gasteiger partial charge on any atom is 0.267 e. The smallest absolute Gasteiger partial charge is 0.267 e. The largest absolute Gasteiger partial charge is 0.375 e. The number of hydrogen-bond acceptors (Lipinski definition) is 5. The summed E-state index contributed by atoms with van der Waals surface area (Å²) in [4.78, 5) is 5.75. The molecule has 1 aliphatic rings. The molecule has 0 saturated carbocycles. The van der Waals surface area contributed by atoms with E-state index in [1.807, 2.05) is 0 Å². The molecule has 22 heavy (non-hydrogen) atoms. The molecule has 1 aliphatic carbocycles. The first kappa shape index (κ1) is 13.5. The SMILES string of the molecule is Nc1nc2c(s1)CCc1cn(S(=O)(=O)c3ccccc3)cc1-2. The summed E-state index contributed by atoms with van der Waals surface area (Å²) in [6.07, 6.45) is 5.00. The Hall–Kier alpha value is -2.12. The summed E-state index contributed by atoms with van der Waals surface area (Å²) in [6, 6.07) is 8.43. The van der Waals surface area contributed by atoms with Crippen molar-refractivity contribution in [2.45, 2.75) is 17.7 Å². The first-order chi connectivity index (χ1) is 10.6. The summed E-state index contributed by atoms with van der Waals surface area (Å²) in [5, 5.41) is 0.525. The van der Waals surface area contributed by atoms with Crippen molar-refractivity contribution in [2.24, 2.45) is 0 Å². The van der Waals surface area contributed by atoms with E-state index in [2.05, 4.69) is 4.98 Å². The average Bonchev–Trinajstić information content (AvgIpc) is 3.10. The minimum Gasteiger partial charge on any atom is -0.375 e. The van der Waals surface area contributed by atoms with Crippen molar-refractivity contribution in [3.8, 4) is 11.3 Å². The van der Waals surface area contributed by atoms with Crippen molar-refractivity contribution in [1.29, 1.82) is 0 Å². The number of anilines is 1. The van der Waals surface area contributed by atoms with E-state index in [1.165, 1.54) is 15.3 Å². The highest BCUT2D eigenvalue weighted by Gasteiger charge is 2.25. The van der Waals surface area contributed by atoms with Crippen LogP contribution in [0.1, 0.15) is 10.4 Å². The summed E-state index contributed by atoms with van der Waals surface area (Å²) in [5.41, 5.74) is 8.47. The zero-order chi connectivity index (χ0) is 15.3. The van der Waals surface area contributed by atoms with Gasteiger partial charge in [-0.15, -0.1) is 11.3 Å². The first-order valence-corrected chi connectivity index (χ1v) is 9.08. The van der Waals surface area contributed by atoms with Gasteiger partial charge in [0.2, 0.25) is 0 Å². The maximum absolute atomic E-state index is 12.7. The molecule has 0 atom stereocenters. The van der Waals surface area contributed by atoms with Gasteiger partial charge in [0.05, 0.1) is 10.6 Å². The van der Waals surface area contributed by atoms with Crippen LogP contribution >= 0.6 is 11.3 Å². The van der Waals surface area contributed by atoms with Crippen LogP contribution in [0.5, 0.6) is 0 Å². The van der Waals surface area contributed by atoms with Crippen molar-refractivity contribution in [3.05, 3.63) is 53.2 Å². The highest BCUT2D eigenvalue weighted by Crippen LogP contribution is 2.38. The van der Waals surface area contributed by atoms with E-state index >= 15 is 0 Å². The highest BCUT2D eigenvalue weighted by atomic mass is 32.2. The van der Waals surface area contributed by atoms with Crippen LogP contribution in [-0.4, -0.2) is 17.4 Å². The summed E-state index contributed by atoms with van der Waals surface area (Å²) >= 11 is 1.47. The van der Waals surface area contributed by atoms with Gasteiger partial charge in [-0.05, 0) is 30.5 Å². The maximum atomic E-state index is 12.7. The molecule has 2 heterocycles. The third kappa shape index (κ3) is 1.97. The minimum absolute atomic E-state index is 0.278. The summed E-state index contributed by atoms with van der Waals surface area (Å²) < 4.78 is 26.7. The average molecular weight is 331 g/mol. The summed E-state index contributed by atoms with van der Waals surface area (Å²) in [5.74, 6) is 0. The fraction of sp³-hybridized carbons (Fsp3) is 0.133. The van der Waals surface area contributed by atoms with Crippen LogP contribution < -0.4 is 5.73 Å². The van der Waals surface area contributed by atoms with Crippen molar-refractivity contribution >= 4 is 26.5 Å².